The van der Waals surface area contributed by atoms with E-state index in [-0.39, 0.29) is 119 Å². The van der Waals surface area contributed by atoms with Crippen molar-refractivity contribution >= 4 is 470 Å². The second-order valence-corrected chi connectivity index (χ2v) is 178. The van der Waals surface area contributed by atoms with Crippen LogP contribution >= 0.6 is 304 Å². The van der Waals surface area contributed by atoms with Gasteiger partial charge in [-0.1, -0.05) is 170 Å². The molecule has 0 amide bonds. The monoisotopic (exact) mass is 2560 g/mol. The summed E-state index contributed by atoms with van der Waals surface area (Å²) < 4.78 is 9.05. The number of rotatable bonds is 22. The summed E-state index contributed by atoms with van der Waals surface area (Å²) >= 11 is 3.61. The summed E-state index contributed by atoms with van der Waals surface area (Å²) in [5.41, 5.74) is 12.2. The van der Waals surface area contributed by atoms with Gasteiger partial charge in [0.15, 0.2) is 22.2 Å². The lowest BCUT2D eigenvalue weighted by atomic mass is 9.77. The minimum atomic E-state index is -1.40. The highest BCUT2D eigenvalue weighted by atomic mass is 79.9. The van der Waals surface area contributed by atoms with Gasteiger partial charge < -0.3 is 10.0 Å². The van der Waals surface area contributed by atoms with E-state index in [1.807, 2.05) is 104 Å². The van der Waals surface area contributed by atoms with Crippen LogP contribution in [0.5, 0.6) is 0 Å². The zero-order chi connectivity index (χ0) is 97.9. The Labute approximate surface area is 882 Å². The van der Waals surface area contributed by atoms with Crippen molar-refractivity contribution in [2.75, 3.05) is 0 Å². The molecule has 706 valence electrons. The van der Waals surface area contributed by atoms with Crippen molar-refractivity contribution < 1.29 is 10.0 Å². The van der Waals surface area contributed by atoms with Crippen molar-refractivity contribution in [1.29, 1.82) is 0 Å². The van der Waals surface area contributed by atoms with E-state index in [1.165, 1.54) is 0 Å². The van der Waals surface area contributed by atoms with Crippen LogP contribution in [0.4, 0.5) is 0 Å². The first-order valence-electron chi connectivity index (χ1n) is 42.1. The molecule has 12 aromatic heterocycles. The first kappa shape index (κ1) is 110. The third kappa shape index (κ3) is 22.8. The van der Waals surface area contributed by atoms with Gasteiger partial charge in [0.1, 0.15) is 45.3 Å². The summed E-state index contributed by atoms with van der Waals surface area (Å²) in [6.07, 6.45) is 7.32. The van der Waals surface area contributed by atoms with Gasteiger partial charge in [-0.05, 0) is 271 Å². The number of para-hydroxylation sites is 4. The lowest BCUT2D eigenvalue weighted by Gasteiger charge is -2.54. The van der Waals surface area contributed by atoms with Gasteiger partial charge in [-0.15, -0.1) is 170 Å². The molecule has 22 unspecified atom stereocenters. The predicted molar refractivity (Wildman–Crippen MR) is 725 cm³/mol. The van der Waals surface area contributed by atoms with Crippen molar-refractivity contribution in [3.8, 4) is 34.7 Å². The maximum atomic E-state index is 9.08. The zero-order valence-electron chi connectivity index (χ0n) is 73.6. The third-order valence-electron chi connectivity index (χ3n) is 22.7. The molecule has 0 radical (unpaired) electrons. The fourth-order valence-corrected chi connectivity index (χ4v) is 495. The molecule has 0 saturated heterocycles. The van der Waals surface area contributed by atoms with Crippen LogP contribution in [0, 0.1) is 0 Å². The van der Waals surface area contributed by atoms with E-state index in [0.29, 0.717) is 16.0 Å². The Kier molecular flexibility index (Phi) is 39.1. The molecule has 2 N–H and O–H groups in total. The SMILES string of the molecule is Brc1nc(-n2c3ccccc3c3cccnc32)c2ccc3ccc(-n4c5ccccc5c5cccnc54)nc3c2n1.OB(O)c1cccc2ccccc12.PP(P)P(P)P(P(P(P)P)P(P)P)P(P(P(P)P)P(P)P)P(P(P(P)P)P(P)P)P(P(P)P)P(P)P.c1ccc2c(-c3nc(-n4c5ccccc5c5cccnc54)c4ccc5ccc(-n6c7ccccc7c7cccnc76)nc5c4n3)cccc2c1. The van der Waals surface area contributed by atoms with Gasteiger partial charge in [0, 0.05) is 95.0 Å². The van der Waals surface area contributed by atoms with E-state index in [9.17, 15) is 0 Å². The number of pyridine rings is 6. The molecule has 140 heavy (non-hydrogen) atoms. The van der Waals surface area contributed by atoms with Crippen LogP contribution in [0.2, 0.25) is 0 Å². The van der Waals surface area contributed by atoms with E-state index in [0.717, 1.165) is 182 Å². The second kappa shape index (κ2) is 49.6. The molecule has 10 aromatic carbocycles. The summed E-state index contributed by atoms with van der Waals surface area (Å²) in [5.74, 6) is 3.70. The smallest absolute Gasteiger partial charge is 0.423 e. The summed E-state index contributed by atoms with van der Waals surface area (Å²) in [4.78, 5) is 50.3. The van der Waals surface area contributed by atoms with Gasteiger partial charge in [0.2, 0.25) is 0 Å². The highest BCUT2D eigenvalue weighted by Gasteiger charge is 2.54. The molecule has 0 aliphatic carbocycles. The Hall–Kier alpha value is 1.96. The molecule has 0 spiro atoms. The highest BCUT2D eigenvalue weighted by Crippen LogP contribution is 3.41. The van der Waals surface area contributed by atoms with Gasteiger partial charge in [-0.3, -0.25) is 18.3 Å². The van der Waals surface area contributed by atoms with Gasteiger partial charge in [-0.25, -0.2) is 49.8 Å². The quantitative estimate of drug-likeness (QED) is 0.0283. The van der Waals surface area contributed by atoms with Crippen LogP contribution in [0.1, 0.15) is 0 Å². The van der Waals surface area contributed by atoms with Gasteiger partial charge in [0.25, 0.3) is 0 Å². The molecule has 22 atom stereocenters. The molecular formula is C86H90BBrN14O2P36. The Bertz CT molecular complexity index is 8170. The minimum absolute atomic E-state index is 0.0106. The van der Waals surface area contributed by atoms with Crippen LogP contribution in [-0.4, -0.2) is 85.3 Å². The Morgan fingerprint density at radius 3 is 0.950 bits per heavy atom. The lowest BCUT2D eigenvalue weighted by molar-refractivity contribution is 0.426. The number of hydrogen-bond donors (Lipinski definition) is 2. The molecule has 0 bridgehead atoms. The molecule has 22 aromatic rings. The van der Waals surface area contributed by atoms with E-state index >= 15 is 0 Å². The molecule has 16 nitrogen and oxygen atoms in total. The Morgan fingerprint density at radius 2 is 0.550 bits per heavy atom. The number of aromatic nitrogens is 14. The summed E-state index contributed by atoms with van der Waals surface area (Å²) in [6.45, 7) is -1.09. The average molecular weight is 2560 g/mol. The van der Waals surface area contributed by atoms with Crippen LogP contribution < -0.4 is 5.46 Å². The van der Waals surface area contributed by atoms with Crippen LogP contribution in [0.25, 0.3) is 188 Å². The number of benzene rings is 10. The van der Waals surface area contributed by atoms with Gasteiger partial charge in [-0.2, -0.15) is 0 Å². The van der Waals surface area contributed by atoms with Gasteiger partial charge in [0.05, 0.1) is 33.1 Å². The molecule has 54 heteroatoms. The second-order valence-electron chi connectivity index (χ2n) is 31.1. The van der Waals surface area contributed by atoms with Crippen molar-refractivity contribution in [3.63, 3.8) is 0 Å². The maximum absolute atomic E-state index is 9.08. The number of hydrogen-bond acceptors (Lipinski definition) is 12. The lowest BCUT2D eigenvalue weighted by Crippen LogP contribution is -2.30. The standard InChI is InChI=1S/C43H25N7.C33H18BrN7.C10H9BO2.H38P36/c1-2-12-28-26(10-1)11-7-15-31(28)40-47-39-34(43(48-40)50-36-19-6-4-14-30(36)33-17-9-25-45-42(33)50)22-20-27-21-23-37(46-38(27)39)49-35-18-5-3-13-29(35)32-16-8-24-44-41(32)49;34-33-38-29-24(32(39-33)41-26-12-4-2-8-21(26)23-10-6-18-36-31(23)41)15-13-19-14-16-27(37-28(19)29)40-25-11-3-1-7-20(25)22-9-5-17-35-30(22)40;12-11(13)10-7-3-5-8-4-1-2-6-9(8)10;1-20(2)29(19)34(30(21(3)4)22(5)6)36(33(27(15)16)28(17)18)35(31(23(7)8)24(9)10)32(25(11)12)26(13)14/h1-25H;1-18H;1-7,12-13H;1-19H2. The molecule has 0 aliphatic rings. The van der Waals surface area contributed by atoms with Crippen molar-refractivity contribution in [1.82, 2.24) is 68.1 Å². The van der Waals surface area contributed by atoms with E-state index in [1.54, 1.807) is 6.07 Å². The van der Waals surface area contributed by atoms with Crippen molar-refractivity contribution in [2.45, 2.75) is 0 Å². The Balaban J connectivity index is 0.000000127. The number of halogens is 1. The van der Waals surface area contributed by atoms with Crippen molar-refractivity contribution in [3.05, 3.63) is 309 Å². The number of fused-ring (bicyclic) bond motifs is 20. The molecular weight excluding hydrogens is 2470 g/mol. The third-order valence-corrected chi connectivity index (χ3v) is 266. The van der Waals surface area contributed by atoms with Gasteiger partial charge >= 0.3 is 7.12 Å². The van der Waals surface area contributed by atoms with Crippen LogP contribution in [-0.2, 0) is 0 Å². The van der Waals surface area contributed by atoms with E-state index in [2.05, 4.69) is 398 Å². The van der Waals surface area contributed by atoms with E-state index < -0.39 is 7.12 Å². The Morgan fingerprint density at radius 1 is 0.236 bits per heavy atom. The predicted octanol–water partition coefficient (Wildman–Crippen LogP) is 39.3. The molecule has 0 saturated carbocycles. The fraction of sp³-hybridized carbons (Fsp3) is 0. The minimum Gasteiger partial charge on any atom is -0.423 e. The summed E-state index contributed by atoms with van der Waals surface area (Å²) in [5, 5.41) is 34.9. The topological polar surface area (TPSA) is 189 Å². The molecule has 12 heterocycles. The highest BCUT2D eigenvalue weighted by molar-refractivity contribution is 9.47. The van der Waals surface area contributed by atoms with Crippen LogP contribution in [0.3, 0.4) is 0 Å². The van der Waals surface area contributed by atoms with Crippen molar-refractivity contribution in [2.24, 2.45) is 0 Å². The first-order chi connectivity index (χ1) is 67.7. The maximum Gasteiger partial charge on any atom is 0.489 e. The normalized spacial score (nSPS) is 13.0. The fourth-order valence-electron chi connectivity index (χ4n) is 17.1. The summed E-state index contributed by atoms with van der Waals surface area (Å²) in [6, 6.07) is 94.3. The largest absolute Gasteiger partial charge is 0.489 e. The average Bonchev–Trinajstić information content (AvgIpc) is 1.52. The van der Waals surface area contributed by atoms with Crippen LogP contribution in [0.15, 0.2) is 309 Å². The molecule has 0 aliphatic heterocycles. The van der Waals surface area contributed by atoms with E-state index in [4.69, 9.17) is 59.9 Å². The zero-order valence-corrected chi connectivity index (χ0v) is 112. The first-order valence-corrected chi connectivity index (χ1v) is 108. The number of nitrogens with zero attached hydrogens (tertiary/aromatic N) is 14. The molecule has 0 fully saturated rings. The molecule has 22 rings (SSSR count). The summed E-state index contributed by atoms with van der Waals surface area (Å²) in [7, 11) is 62.3.